The summed E-state index contributed by atoms with van der Waals surface area (Å²) in [5.41, 5.74) is 2.66. The van der Waals surface area contributed by atoms with Crippen LogP contribution in [-0.4, -0.2) is 18.4 Å². The number of carbonyl (C=O) groups is 1. The van der Waals surface area contributed by atoms with Gasteiger partial charge in [0.2, 0.25) is 0 Å². The van der Waals surface area contributed by atoms with E-state index in [0.29, 0.717) is 11.1 Å². The Bertz CT molecular complexity index is 805. The van der Waals surface area contributed by atoms with E-state index in [-0.39, 0.29) is 12.1 Å². The first kappa shape index (κ1) is 22.3. The van der Waals surface area contributed by atoms with Gasteiger partial charge in [-0.3, -0.25) is 4.74 Å². The Hall–Kier alpha value is -2.34. The van der Waals surface area contributed by atoms with E-state index >= 15 is 0 Å². The maximum absolute atomic E-state index is 12.4. The highest BCUT2D eigenvalue weighted by Gasteiger charge is 2.28. The second-order valence-electron chi connectivity index (χ2n) is 7.85. The minimum Gasteiger partial charge on any atom is -0.459 e. The SMILES string of the molecule is CCCC1CCC(OC(=O)c2ccc(-c3ccc(COC(F)(F)F)cc3)cc2)CC1. The van der Waals surface area contributed by atoms with Crippen molar-refractivity contribution in [2.45, 2.75) is 64.5 Å². The molecule has 0 atom stereocenters. The highest BCUT2D eigenvalue weighted by molar-refractivity contribution is 5.90. The molecule has 0 aliphatic heterocycles. The van der Waals surface area contributed by atoms with Crippen molar-refractivity contribution in [3.8, 4) is 11.1 Å². The molecule has 1 aliphatic rings. The van der Waals surface area contributed by atoms with Gasteiger partial charge in [-0.05, 0) is 60.4 Å². The fraction of sp³-hybridized carbons (Fsp3) is 0.458. The van der Waals surface area contributed by atoms with Crippen LogP contribution < -0.4 is 0 Å². The number of hydrogen-bond donors (Lipinski definition) is 0. The summed E-state index contributed by atoms with van der Waals surface area (Å²) in [6, 6.07) is 13.7. The summed E-state index contributed by atoms with van der Waals surface area (Å²) in [4.78, 5) is 12.4. The molecule has 0 spiro atoms. The lowest BCUT2D eigenvalue weighted by atomic mass is 9.85. The number of esters is 1. The van der Waals surface area contributed by atoms with Gasteiger partial charge in [0.05, 0.1) is 12.2 Å². The van der Waals surface area contributed by atoms with Crippen molar-refractivity contribution in [3.05, 3.63) is 59.7 Å². The molecule has 1 saturated carbocycles. The van der Waals surface area contributed by atoms with E-state index < -0.39 is 13.0 Å². The standard InChI is InChI=1S/C24H27F3O3/c1-2-3-17-6-14-22(15-7-17)30-23(28)21-12-10-20(11-13-21)19-8-4-18(5-9-19)16-29-24(25,26)27/h4-5,8-13,17,22H,2-3,6-7,14-16H2,1H3. The molecule has 162 valence electrons. The Morgan fingerprint density at radius 2 is 1.50 bits per heavy atom. The van der Waals surface area contributed by atoms with Crippen LogP contribution in [0.3, 0.4) is 0 Å². The van der Waals surface area contributed by atoms with Gasteiger partial charge in [0.15, 0.2) is 0 Å². The Labute approximate surface area is 175 Å². The first-order chi connectivity index (χ1) is 14.3. The van der Waals surface area contributed by atoms with Gasteiger partial charge >= 0.3 is 12.3 Å². The molecule has 0 heterocycles. The van der Waals surface area contributed by atoms with Crippen LogP contribution in [0.25, 0.3) is 11.1 Å². The van der Waals surface area contributed by atoms with Crippen molar-refractivity contribution in [2.75, 3.05) is 0 Å². The zero-order chi connectivity index (χ0) is 21.6. The van der Waals surface area contributed by atoms with Crippen LogP contribution in [0.15, 0.2) is 48.5 Å². The predicted molar refractivity (Wildman–Crippen MR) is 109 cm³/mol. The lowest BCUT2D eigenvalue weighted by molar-refractivity contribution is -0.330. The molecule has 6 heteroatoms. The van der Waals surface area contributed by atoms with Crippen molar-refractivity contribution in [1.29, 1.82) is 0 Å². The zero-order valence-corrected chi connectivity index (χ0v) is 17.1. The van der Waals surface area contributed by atoms with Gasteiger partial charge in [0.25, 0.3) is 0 Å². The molecule has 0 aromatic heterocycles. The summed E-state index contributed by atoms with van der Waals surface area (Å²) in [5.74, 6) is 0.454. The summed E-state index contributed by atoms with van der Waals surface area (Å²) in [6.45, 7) is 1.68. The monoisotopic (exact) mass is 420 g/mol. The number of ether oxygens (including phenoxy) is 2. The zero-order valence-electron chi connectivity index (χ0n) is 17.1. The van der Waals surface area contributed by atoms with E-state index in [0.717, 1.165) is 42.7 Å². The molecule has 0 unspecified atom stereocenters. The highest BCUT2D eigenvalue weighted by Crippen LogP contribution is 2.30. The second kappa shape index (κ2) is 10.1. The minimum atomic E-state index is -4.64. The van der Waals surface area contributed by atoms with E-state index in [1.807, 2.05) is 12.1 Å². The van der Waals surface area contributed by atoms with Crippen molar-refractivity contribution in [1.82, 2.24) is 0 Å². The Morgan fingerprint density at radius 1 is 0.933 bits per heavy atom. The molecule has 2 aromatic carbocycles. The Morgan fingerprint density at radius 3 is 2.03 bits per heavy atom. The number of benzene rings is 2. The van der Waals surface area contributed by atoms with Crippen LogP contribution >= 0.6 is 0 Å². The second-order valence-corrected chi connectivity index (χ2v) is 7.85. The van der Waals surface area contributed by atoms with Crippen LogP contribution in [-0.2, 0) is 16.1 Å². The molecule has 0 saturated heterocycles. The third-order valence-electron chi connectivity index (χ3n) is 5.57. The van der Waals surface area contributed by atoms with Crippen molar-refractivity contribution >= 4 is 5.97 Å². The van der Waals surface area contributed by atoms with Crippen molar-refractivity contribution in [3.63, 3.8) is 0 Å². The number of carbonyl (C=O) groups excluding carboxylic acids is 1. The normalized spacial score (nSPS) is 19.5. The average Bonchev–Trinajstić information content (AvgIpc) is 2.74. The predicted octanol–water partition coefficient (Wildman–Crippen LogP) is 6.91. The van der Waals surface area contributed by atoms with Crippen LogP contribution in [0.5, 0.6) is 0 Å². The van der Waals surface area contributed by atoms with E-state index in [1.165, 1.54) is 12.8 Å². The molecular weight excluding hydrogens is 393 g/mol. The Balaban J connectivity index is 1.54. The van der Waals surface area contributed by atoms with E-state index in [1.54, 1.807) is 36.4 Å². The number of hydrogen-bond acceptors (Lipinski definition) is 3. The summed E-state index contributed by atoms with van der Waals surface area (Å²) >= 11 is 0. The fourth-order valence-electron chi connectivity index (χ4n) is 3.92. The van der Waals surface area contributed by atoms with Crippen molar-refractivity contribution in [2.24, 2.45) is 5.92 Å². The topological polar surface area (TPSA) is 35.5 Å². The summed E-state index contributed by atoms with van der Waals surface area (Å²) < 4.78 is 45.9. The minimum absolute atomic E-state index is 0.00301. The number of rotatable bonds is 7. The third kappa shape index (κ3) is 6.59. The molecule has 3 nitrogen and oxygen atoms in total. The van der Waals surface area contributed by atoms with Gasteiger partial charge in [-0.15, -0.1) is 13.2 Å². The molecular formula is C24H27F3O3. The summed E-state index contributed by atoms with van der Waals surface area (Å²) in [6.07, 6.45) is 1.90. The molecule has 1 aliphatic carbocycles. The summed E-state index contributed by atoms with van der Waals surface area (Å²) in [7, 11) is 0. The highest BCUT2D eigenvalue weighted by atomic mass is 19.4. The summed E-state index contributed by atoms with van der Waals surface area (Å²) in [5, 5.41) is 0. The first-order valence-corrected chi connectivity index (χ1v) is 10.4. The molecule has 0 radical (unpaired) electrons. The van der Waals surface area contributed by atoms with E-state index in [2.05, 4.69) is 11.7 Å². The molecule has 0 amide bonds. The van der Waals surface area contributed by atoms with Crippen LogP contribution in [0.4, 0.5) is 13.2 Å². The van der Waals surface area contributed by atoms with E-state index in [4.69, 9.17) is 4.74 Å². The lowest BCUT2D eigenvalue weighted by Crippen LogP contribution is -2.24. The molecule has 3 rings (SSSR count). The molecule has 1 fully saturated rings. The van der Waals surface area contributed by atoms with Gasteiger partial charge in [-0.2, -0.15) is 0 Å². The first-order valence-electron chi connectivity index (χ1n) is 10.4. The van der Waals surface area contributed by atoms with Gasteiger partial charge < -0.3 is 4.74 Å². The molecule has 0 N–H and O–H groups in total. The van der Waals surface area contributed by atoms with Crippen LogP contribution in [0.2, 0.25) is 0 Å². The fourth-order valence-corrected chi connectivity index (χ4v) is 3.92. The van der Waals surface area contributed by atoms with E-state index in [9.17, 15) is 18.0 Å². The Kier molecular flexibility index (Phi) is 7.53. The maximum atomic E-state index is 12.4. The molecule has 0 bridgehead atoms. The van der Waals surface area contributed by atoms with Crippen molar-refractivity contribution < 1.29 is 27.4 Å². The van der Waals surface area contributed by atoms with Gasteiger partial charge in [-0.1, -0.05) is 56.2 Å². The maximum Gasteiger partial charge on any atom is 0.522 e. The lowest BCUT2D eigenvalue weighted by Gasteiger charge is -2.28. The third-order valence-corrected chi connectivity index (χ3v) is 5.57. The van der Waals surface area contributed by atoms with Crippen LogP contribution in [0.1, 0.15) is 61.4 Å². The van der Waals surface area contributed by atoms with Gasteiger partial charge in [0, 0.05) is 0 Å². The molecule has 30 heavy (non-hydrogen) atoms. The quantitative estimate of drug-likeness (QED) is 0.457. The smallest absolute Gasteiger partial charge is 0.459 e. The number of alkyl halides is 3. The van der Waals surface area contributed by atoms with Gasteiger partial charge in [0.1, 0.15) is 6.10 Å². The van der Waals surface area contributed by atoms with Gasteiger partial charge in [-0.25, -0.2) is 4.79 Å². The largest absolute Gasteiger partial charge is 0.522 e. The average molecular weight is 420 g/mol. The number of halogens is 3. The van der Waals surface area contributed by atoms with Crippen LogP contribution in [0, 0.1) is 5.92 Å². The molecule has 2 aromatic rings.